The van der Waals surface area contributed by atoms with Gasteiger partial charge in [-0.3, -0.25) is 0 Å². The molecular weight excluding hydrogens is 435 g/mol. The molecule has 1 aliphatic rings. The van der Waals surface area contributed by atoms with Crippen LogP contribution in [-0.2, 0) is 14.6 Å². The number of aromatic nitrogens is 1. The molecule has 4 rings (SSSR count). The number of benzene rings is 2. The van der Waals surface area contributed by atoms with E-state index in [0.29, 0.717) is 24.2 Å². The lowest BCUT2D eigenvalue weighted by atomic mass is 9.89. The quantitative estimate of drug-likeness (QED) is 0.558. The number of amides is 1. The molecule has 1 saturated heterocycles. The number of likely N-dealkylation sites (tertiary alicyclic amines) is 1. The monoisotopic (exact) mass is 460 g/mol. The van der Waals surface area contributed by atoms with Crippen LogP contribution >= 0.6 is 0 Å². The van der Waals surface area contributed by atoms with Gasteiger partial charge < -0.3 is 14.1 Å². The lowest BCUT2D eigenvalue weighted by Crippen LogP contribution is -2.39. The third kappa shape index (κ3) is 4.62. The third-order valence-electron chi connectivity index (χ3n) is 5.57. The predicted octanol–water partition coefficient (Wildman–Crippen LogP) is 4.76. The number of piperidine rings is 1. The van der Waals surface area contributed by atoms with Gasteiger partial charge in [0, 0.05) is 19.3 Å². The molecule has 0 radical (unpaired) electrons. The zero-order valence-electron chi connectivity index (χ0n) is 18.2. The van der Waals surface area contributed by atoms with E-state index in [-0.39, 0.29) is 34.5 Å². The maximum Gasteiger partial charge on any atom is 0.410 e. The molecule has 0 bridgehead atoms. The van der Waals surface area contributed by atoms with Crippen LogP contribution in [0.3, 0.4) is 0 Å². The highest BCUT2D eigenvalue weighted by Crippen LogP contribution is 2.33. The Morgan fingerprint density at radius 3 is 2.53 bits per heavy atom. The molecule has 3 aromatic rings. The van der Waals surface area contributed by atoms with Crippen LogP contribution in [-0.4, -0.2) is 49.8 Å². The number of rotatable bonds is 4. The van der Waals surface area contributed by atoms with Crippen molar-refractivity contribution in [3.05, 3.63) is 47.8 Å². The van der Waals surface area contributed by atoms with Crippen LogP contribution < -0.4 is 0 Å². The van der Waals surface area contributed by atoms with Gasteiger partial charge in [0.05, 0.1) is 16.6 Å². The van der Waals surface area contributed by atoms with Gasteiger partial charge in [0.2, 0.25) is 5.89 Å². The number of halogens is 1. The Kier molecular flexibility index (Phi) is 5.94. The molecule has 1 fully saturated rings. The minimum atomic E-state index is -3.51. The highest BCUT2D eigenvalue weighted by Gasteiger charge is 2.26. The number of oxazole rings is 1. The summed E-state index contributed by atoms with van der Waals surface area (Å²) in [5, 5.41) is 0. The van der Waals surface area contributed by atoms with Gasteiger partial charge in [-0.05, 0) is 68.5 Å². The van der Waals surface area contributed by atoms with E-state index >= 15 is 0 Å². The Bertz CT molecular complexity index is 1260. The number of ether oxygens (including phenoxy) is 1. The molecule has 0 N–H and O–H groups in total. The van der Waals surface area contributed by atoms with E-state index < -0.39 is 15.7 Å². The van der Waals surface area contributed by atoms with Crippen molar-refractivity contribution >= 4 is 27.0 Å². The molecule has 1 amide bonds. The van der Waals surface area contributed by atoms with Crippen LogP contribution in [0.4, 0.5) is 9.18 Å². The lowest BCUT2D eigenvalue weighted by Gasteiger charge is -2.32. The van der Waals surface area contributed by atoms with Gasteiger partial charge in [0.15, 0.2) is 15.4 Å². The Hall–Kier alpha value is -2.94. The fourth-order valence-electron chi connectivity index (χ4n) is 3.89. The second-order valence-corrected chi connectivity index (χ2v) is 10.4. The molecule has 0 unspecified atom stereocenters. The van der Waals surface area contributed by atoms with E-state index in [1.807, 2.05) is 32.0 Å². The van der Waals surface area contributed by atoms with Gasteiger partial charge in [-0.2, -0.15) is 0 Å². The second-order valence-electron chi connectivity index (χ2n) is 8.35. The van der Waals surface area contributed by atoms with Gasteiger partial charge in [0.25, 0.3) is 0 Å². The summed E-state index contributed by atoms with van der Waals surface area (Å²) in [6.45, 7) is 4.91. The molecule has 2 aromatic carbocycles. The standard InChI is InChI=1S/C23H25FN2O5S/c1-14(2)30-23(27)26-10-8-15(9-11-26)16-4-7-21-20(12-16)25-22(31-21)18-6-5-17(13-19(18)24)32(3,28)29/h4-7,12-15H,8-11H2,1-3H3. The van der Waals surface area contributed by atoms with Crippen molar-refractivity contribution in [2.45, 2.75) is 43.6 Å². The van der Waals surface area contributed by atoms with Crippen LogP contribution in [0.15, 0.2) is 45.7 Å². The number of carbonyl (C=O) groups excluding carboxylic acids is 1. The van der Waals surface area contributed by atoms with Crippen LogP contribution in [0.2, 0.25) is 0 Å². The number of hydrogen-bond donors (Lipinski definition) is 0. The summed E-state index contributed by atoms with van der Waals surface area (Å²) in [6, 6.07) is 9.38. The largest absolute Gasteiger partial charge is 0.447 e. The number of nitrogens with zero attached hydrogens (tertiary/aromatic N) is 2. The van der Waals surface area contributed by atoms with E-state index in [2.05, 4.69) is 4.98 Å². The first-order chi connectivity index (χ1) is 15.1. The average molecular weight is 461 g/mol. The minimum absolute atomic E-state index is 0.0965. The third-order valence-corrected chi connectivity index (χ3v) is 6.68. The normalized spacial score (nSPS) is 15.5. The van der Waals surface area contributed by atoms with Crippen LogP contribution in [0.25, 0.3) is 22.6 Å². The van der Waals surface area contributed by atoms with Crippen LogP contribution in [0, 0.1) is 5.82 Å². The topological polar surface area (TPSA) is 89.7 Å². The summed E-state index contributed by atoms with van der Waals surface area (Å²) in [6.07, 6.45) is 2.23. The van der Waals surface area contributed by atoms with Crippen molar-refractivity contribution in [2.24, 2.45) is 0 Å². The first-order valence-electron chi connectivity index (χ1n) is 10.5. The van der Waals surface area contributed by atoms with Gasteiger partial charge in [0.1, 0.15) is 11.3 Å². The fraction of sp³-hybridized carbons (Fsp3) is 0.391. The van der Waals surface area contributed by atoms with E-state index in [1.165, 1.54) is 12.1 Å². The molecule has 170 valence electrons. The molecule has 1 aromatic heterocycles. The molecule has 1 aliphatic heterocycles. The first-order valence-corrected chi connectivity index (χ1v) is 12.4. The van der Waals surface area contributed by atoms with Crippen LogP contribution in [0.5, 0.6) is 0 Å². The van der Waals surface area contributed by atoms with E-state index in [0.717, 1.165) is 30.7 Å². The SMILES string of the molecule is CC(C)OC(=O)N1CCC(c2ccc3oc(-c4ccc(S(C)(=O)=O)cc4F)nc3c2)CC1. The summed E-state index contributed by atoms with van der Waals surface area (Å²) in [7, 11) is -3.51. The summed E-state index contributed by atoms with van der Waals surface area (Å²) >= 11 is 0. The molecule has 0 spiro atoms. The zero-order chi connectivity index (χ0) is 23.0. The molecule has 7 nitrogen and oxygen atoms in total. The van der Waals surface area contributed by atoms with Crippen molar-refractivity contribution in [2.75, 3.05) is 19.3 Å². The Morgan fingerprint density at radius 2 is 1.91 bits per heavy atom. The maximum atomic E-state index is 14.5. The van der Waals surface area contributed by atoms with Crippen molar-refractivity contribution in [1.82, 2.24) is 9.88 Å². The Morgan fingerprint density at radius 1 is 1.19 bits per heavy atom. The lowest BCUT2D eigenvalue weighted by molar-refractivity contribution is 0.0692. The predicted molar refractivity (Wildman–Crippen MR) is 118 cm³/mol. The van der Waals surface area contributed by atoms with Crippen molar-refractivity contribution < 1.29 is 26.8 Å². The highest BCUT2D eigenvalue weighted by atomic mass is 32.2. The molecule has 32 heavy (non-hydrogen) atoms. The highest BCUT2D eigenvalue weighted by molar-refractivity contribution is 7.90. The number of hydrogen-bond acceptors (Lipinski definition) is 6. The summed E-state index contributed by atoms with van der Waals surface area (Å²) in [5.74, 6) is -0.338. The maximum absolute atomic E-state index is 14.5. The van der Waals surface area contributed by atoms with Crippen molar-refractivity contribution in [1.29, 1.82) is 0 Å². The number of sulfone groups is 1. The summed E-state index contributed by atoms with van der Waals surface area (Å²) in [5.41, 5.74) is 2.31. The van der Waals surface area contributed by atoms with Gasteiger partial charge >= 0.3 is 6.09 Å². The molecule has 9 heteroatoms. The zero-order valence-corrected chi connectivity index (χ0v) is 19.0. The molecule has 0 saturated carbocycles. The van der Waals surface area contributed by atoms with Crippen molar-refractivity contribution in [3.8, 4) is 11.5 Å². The molecular formula is C23H25FN2O5S. The van der Waals surface area contributed by atoms with E-state index in [1.54, 1.807) is 4.90 Å². The first kappa shape index (κ1) is 22.3. The molecule has 0 atom stereocenters. The molecule has 2 heterocycles. The van der Waals surface area contributed by atoms with Crippen molar-refractivity contribution in [3.63, 3.8) is 0 Å². The number of fused-ring (bicyclic) bond motifs is 1. The van der Waals surface area contributed by atoms with E-state index in [4.69, 9.17) is 9.15 Å². The Balaban J connectivity index is 1.53. The molecule has 0 aliphatic carbocycles. The minimum Gasteiger partial charge on any atom is -0.447 e. The van der Waals surface area contributed by atoms with Gasteiger partial charge in [-0.1, -0.05) is 6.07 Å². The smallest absolute Gasteiger partial charge is 0.410 e. The fourth-order valence-corrected chi connectivity index (χ4v) is 4.52. The summed E-state index contributed by atoms with van der Waals surface area (Å²) < 4.78 is 48.8. The van der Waals surface area contributed by atoms with Gasteiger partial charge in [-0.15, -0.1) is 0 Å². The summed E-state index contributed by atoms with van der Waals surface area (Å²) in [4.78, 5) is 18.1. The number of carbonyl (C=O) groups is 1. The van der Waals surface area contributed by atoms with Gasteiger partial charge in [-0.25, -0.2) is 22.6 Å². The Labute approximate surface area is 186 Å². The van der Waals surface area contributed by atoms with Crippen LogP contribution in [0.1, 0.15) is 38.2 Å². The van der Waals surface area contributed by atoms with E-state index in [9.17, 15) is 17.6 Å². The second kappa shape index (κ2) is 8.54. The average Bonchev–Trinajstić information content (AvgIpc) is 3.15.